The lowest BCUT2D eigenvalue weighted by Gasteiger charge is -2.07. The van der Waals surface area contributed by atoms with Crippen molar-refractivity contribution in [3.05, 3.63) is 75.7 Å². The first kappa shape index (κ1) is 15.7. The van der Waals surface area contributed by atoms with Gasteiger partial charge in [0.2, 0.25) is 5.91 Å². The summed E-state index contributed by atoms with van der Waals surface area (Å²) in [5.74, 6) is -0.0564. The van der Waals surface area contributed by atoms with Gasteiger partial charge in [0.05, 0.1) is 6.42 Å². The van der Waals surface area contributed by atoms with E-state index in [9.17, 15) is 4.79 Å². The number of aromatic nitrogens is 1. The van der Waals surface area contributed by atoms with Crippen LogP contribution in [0.5, 0.6) is 0 Å². The van der Waals surface area contributed by atoms with Gasteiger partial charge in [-0.25, -0.2) is 0 Å². The van der Waals surface area contributed by atoms with E-state index in [0.717, 1.165) is 22.3 Å². The fourth-order valence-electron chi connectivity index (χ4n) is 2.25. The van der Waals surface area contributed by atoms with E-state index in [1.165, 1.54) is 0 Å². The Morgan fingerprint density at radius 3 is 2.83 bits per heavy atom. The predicted molar refractivity (Wildman–Crippen MR) is 94.6 cm³/mol. The van der Waals surface area contributed by atoms with E-state index >= 15 is 0 Å². The van der Waals surface area contributed by atoms with Crippen LogP contribution >= 0.6 is 22.9 Å². The number of thiophene rings is 1. The molecule has 3 nitrogen and oxygen atoms in total. The van der Waals surface area contributed by atoms with Crippen LogP contribution in [0.1, 0.15) is 11.1 Å². The third-order valence-electron chi connectivity index (χ3n) is 3.45. The molecule has 2 aromatic heterocycles. The molecule has 0 radical (unpaired) electrons. The van der Waals surface area contributed by atoms with Crippen molar-refractivity contribution in [2.75, 3.05) is 0 Å². The lowest BCUT2D eigenvalue weighted by Crippen LogP contribution is -2.24. The van der Waals surface area contributed by atoms with Crippen LogP contribution in [0.3, 0.4) is 0 Å². The van der Waals surface area contributed by atoms with E-state index in [2.05, 4.69) is 21.7 Å². The Kier molecular flexibility index (Phi) is 5.05. The van der Waals surface area contributed by atoms with Gasteiger partial charge in [-0.15, -0.1) is 0 Å². The molecule has 5 heteroatoms. The van der Waals surface area contributed by atoms with Crippen molar-refractivity contribution >= 4 is 28.8 Å². The normalized spacial score (nSPS) is 10.5. The number of pyridine rings is 1. The topological polar surface area (TPSA) is 42.0 Å². The van der Waals surface area contributed by atoms with Gasteiger partial charge in [0, 0.05) is 29.5 Å². The molecule has 2 heterocycles. The predicted octanol–water partition coefficient (Wildman–Crippen LogP) is 4.32. The van der Waals surface area contributed by atoms with E-state index in [1.54, 1.807) is 23.6 Å². The van der Waals surface area contributed by atoms with Crippen molar-refractivity contribution < 1.29 is 4.79 Å². The summed E-state index contributed by atoms with van der Waals surface area (Å²) in [7, 11) is 0. The molecule has 3 aromatic rings. The second-order valence-corrected chi connectivity index (χ2v) is 6.33. The van der Waals surface area contributed by atoms with Gasteiger partial charge in [-0.05, 0) is 45.6 Å². The second kappa shape index (κ2) is 7.40. The minimum atomic E-state index is -0.0564. The van der Waals surface area contributed by atoms with Crippen molar-refractivity contribution in [1.29, 1.82) is 0 Å². The first-order valence-corrected chi connectivity index (χ1v) is 8.51. The van der Waals surface area contributed by atoms with Crippen molar-refractivity contribution in [3.8, 4) is 11.1 Å². The average molecular weight is 343 g/mol. The maximum absolute atomic E-state index is 12.1. The first-order chi connectivity index (χ1) is 11.2. The molecule has 0 saturated heterocycles. The number of hydrogen-bond donors (Lipinski definition) is 1. The number of rotatable bonds is 5. The minimum absolute atomic E-state index is 0.0564. The molecule has 0 fully saturated rings. The van der Waals surface area contributed by atoms with E-state index in [0.29, 0.717) is 11.6 Å². The van der Waals surface area contributed by atoms with Crippen LogP contribution in [-0.4, -0.2) is 10.9 Å². The van der Waals surface area contributed by atoms with Crippen molar-refractivity contribution in [3.63, 3.8) is 0 Å². The molecule has 0 aliphatic heterocycles. The van der Waals surface area contributed by atoms with Crippen LogP contribution in [0.2, 0.25) is 5.02 Å². The summed E-state index contributed by atoms with van der Waals surface area (Å²) in [4.78, 5) is 16.3. The van der Waals surface area contributed by atoms with Gasteiger partial charge in [-0.1, -0.05) is 29.8 Å². The number of halogens is 1. The van der Waals surface area contributed by atoms with Gasteiger partial charge in [0.25, 0.3) is 0 Å². The van der Waals surface area contributed by atoms with Gasteiger partial charge in [0.1, 0.15) is 0 Å². The van der Waals surface area contributed by atoms with E-state index in [1.807, 2.05) is 35.8 Å². The number of hydrogen-bond acceptors (Lipinski definition) is 3. The summed E-state index contributed by atoms with van der Waals surface area (Å²) < 4.78 is 0. The molecule has 0 spiro atoms. The summed E-state index contributed by atoms with van der Waals surface area (Å²) in [5, 5.41) is 7.64. The van der Waals surface area contributed by atoms with Crippen LogP contribution < -0.4 is 5.32 Å². The molecule has 116 valence electrons. The van der Waals surface area contributed by atoms with Gasteiger partial charge in [-0.2, -0.15) is 11.3 Å². The molecule has 0 bridgehead atoms. The quantitative estimate of drug-likeness (QED) is 0.750. The third-order valence-corrected chi connectivity index (χ3v) is 4.50. The zero-order valence-corrected chi connectivity index (χ0v) is 13.9. The third kappa shape index (κ3) is 4.18. The Hall–Kier alpha value is -2.17. The summed E-state index contributed by atoms with van der Waals surface area (Å²) in [6, 6.07) is 11.5. The highest BCUT2D eigenvalue weighted by Crippen LogP contribution is 2.22. The molecule has 0 aliphatic carbocycles. The van der Waals surface area contributed by atoms with Crippen LogP contribution in [0, 0.1) is 0 Å². The van der Waals surface area contributed by atoms with Crippen molar-refractivity contribution in [2.24, 2.45) is 0 Å². The zero-order chi connectivity index (χ0) is 16.1. The van der Waals surface area contributed by atoms with E-state index in [4.69, 9.17) is 11.6 Å². The largest absolute Gasteiger partial charge is 0.352 e. The maximum Gasteiger partial charge on any atom is 0.224 e. The Bertz CT molecular complexity index is 802. The smallest absolute Gasteiger partial charge is 0.224 e. The summed E-state index contributed by atoms with van der Waals surface area (Å²) in [6.07, 6.45) is 3.88. The SMILES string of the molecule is O=C(Cc1ccccc1Cl)NCc1cncc(-c2ccsc2)c1. The molecule has 1 aromatic carbocycles. The second-order valence-electron chi connectivity index (χ2n) is 5.14. The first-order valence-electron chi connectivity index (χ1n) is 7.19. The van der Waals surface area contributed by atoms with E-state index in [-0.39, 0.29) is 12.3 Å². The van der Waals surface area contributed by atoms with Crippen LogP contribution in [0.15, 0.2) is 59.6 Å². The van der Waals surface area contributed by atoms with Gasteiger partial charge < -0.3 is 5.32 Å². The summed E-state index contributed by atoms with van der Waals surface area (Å²) >= 11 is 7.73. The molecular weight excluding hydrogens is 328 g/mol. The standard InChI is InChI=1S/C18H15ClN2OS/c19-17-4-2-1-3-14(17)8-18(22)21-10-13-7-16(11-20-9-13)15-5-6-23-12-15/h1-7,9,11-12H,8,10H2,(H,21,22). The Morgan fingerprint density at radius 1 is 1.17 bits per heavy atom. The number of carbonyl (C=O) groups excluding carboxylic acids is 1. The van der Waals surface area contributed by atoms with Crippen molar-refractivity contribution in [2.45, 2.75) is 13.0 Å². The fraction of sp³-hybridized carbons (Fsp3) is 0.111. The Morgan fingerprint density at radius 2 is 2.04 bits per heavy atom. The average Bonchev–Trinajstić information content (AvgIpc) is 3.10. The van der Waals surface area contributed by atoms with Crippen molar-refractivity contribution in [1.82, 2.24) is 10.3 Å². The highest BCUT2D eigenvalue weighted by Gasteiger charge is 2.07. The summed E-state index contributed by atoms with van der Waals surface area (Å²) in [6.45, 7) is 0.453. The monoisotopic (exact) mass is 342 g/mol. The molecule has 0 atom stereocenters. The van der Waals surface area contributed by atoms with Gasteiger partial charge >= 0.3 is 0 Å². The lowest BCUT2D eigenvalue weighted by atomic mass is 10.1. The fourth-order valence-corrected chi connectivity index (χ4v) is 3.12. The molecule has 1 amide bonds. The molecule has 0 aliphatic rings. The molecule has 0 saturated carbocycles. The Labute approximate surface area is 144 Å². The number of benzene rings is 1. The minimum Gasteiger partial charge on any atom is -0.352 e. The summed E-state index contributed by atoms with van der Waals surface area (Å²) in [5.41, 5.74) is 4.01. The number of amides is 1. The number of carbonyl (C=O) groups is 1. The molecular formula is C18H15ClN2OS. The van der Waals surface area contributed by atoms with Crippen LogP contribution in [0.25, 0.3) is 11.1 Å². The highest BCUT2D eigenvalue weighted by molar-refractivity contribution is 7.08. The highest BCUT2D eigenvalue weighted by atomic mass is 35.5. The zero-order valence-electron chi connectivity index (χ0n) is 12.3. The molecule has 23 heavy (non-hydrogen) atoms. The molecule has 1 N–H and O–H groups in total. The molecule has 3 rings (SSSR count). The van der Waals surface area contributed by atoms with Crippen LogP contribution in [-0.2, 0) is 17.8 Å². The van der Waals surface area contributed by atoms with Gasteiger partial charge in [0.15, 0.2) is 0 Å². The Balaban J connectivity index is 1.61. The number of nitrogens with zero attached hydrogens (tertiary/aromatic N) is 1. The lowest BCUT2D eigenvalue weighted by molar-refractivity contribution is -0.120. The van der Waals surface area contributed by atoms with Crippen LogP contribution in [0.4, 0.5) is 0 Å². The van der Waals surface area contributed by atoms with E-state index < -0.39 is 0 Å². The van der Waals surface area contributed by atoms with Gasteiger partial charge in [-0.3, -0.25) is 9.78 Å². The molecule has 0 unspecified atom stereocenters. The number of nitrogens with one attached hydrogen (secondary N) is 1. The maximum atomic E-state index is 12.1.